The summed E-state index contributed by atoms with van der Waals surface area (Å²) in [6, 6.07) is 14.4. The van der Waals surface area contributed by atoms with Gasteiger partial charge in [0.25, 0.3) is 0 Å². The van der Waals surface area contributed by atoms with Crippen LogP contribution in [-0.2, 0) is 0 Å². The third kappa shape index (κ3) is 4.00. The van der Waals surface area contributed by atoms with E-state index in [1.54, 1.807) is 11.8 Å². The van der Waals surface area contributed by atoms with Crippen LogP contribution < -0.4 is 5.73 Å². The number of nitrogens with two attached hydrogens (primary N) is 1. The summed E-state index contributed by atoms with van der Waals surface area (Å²) < 4.78 is 0. The highest BCUT2D eigenvalue weighted by molar-refractivity contribution is 7.99. The lowest BCUT2D eigenvalue weighted by Gasteiger charge is -2.13. The smallest absolute Gasteiger partial charge is 0.0406 e. The number of aryl methyl sites for hydroxylation is 2. The summed E-state index contributed by atoms with van der Waals surface area (Å²) in [5.41, 5.74) is 10.0. The van der Waals surface area contributed by atoms with Gasteiger partial charge in [0, 0.05) is 21.7 Å². The third-order valence-corrected chi connectivity index (χ3v) is 4.59. The second-order valence-corrected chi connectivity index (χ2v) is 6.24. The first-order valence-corrected chi connectivity index (χ1v) is 7.64. The van der Waals surface area contributed by atoms with Crippen LogP contribution in [0.15, 0.2) is 47.4 Å². The fraction of sp³-hybridized carbons (Fsp3) is 0.250. The molecule has 0 heterocycles. The average molecular weight is 292 g/mol. The molecular formula is C16H18ClNS. The molecule has 1 nitrogen and oxygen atoms in total. The van der Waals surface area contributed by atoms with E-state index in [-0.39, 0.29) is 6.04 Å². The fourth-order valence-electron chi connectivity index (χ4n) is 1.81. The number of halogens is 1. The second-order valence-electron chi connectivity index (χ2n) is 4.72. The lowest BCUT2D eigenvalue weighted by atomic mass is 10.0. The maximum atomic E-state index is 6.24. The Morgan fingerprint density at radius 1 is 1.05 bits per heavy atom. The number of benzene rings is 2. The van der Waals surface area contributed by atoms with Gasteiger partial charge in [-0.2, -0.15) is 0 Å². The minimum Gasteiger partial charge on any atom is -0.323 e. The minimum absolute atomic E-state index is 0.0555. The molecule has 0 radical (unpaired) electrons. The molecule has 1 unspecified atom stereocenters. The predicted octanol–water partition coefficient (Wildman–Crippen LogP) is 4.75. The quantitative estimate of drug-likeness (QED) is 0.823. The van der Waals surface area contributed by atoms with Gasteiger partial charge in [-0.1, -0.05) is 29.8 Å². The van der Waals surface area contributed by atoms with Crippen LogP contribution in [0.25, 0.3) is 0 Å². The molecule has 2 aromatic carbocycles. The van der Waals surface area contributed by atoms with Gasteiger partial charge in [0.15, 0.2) is 0 Å². The first kappa shape index (κ1) is 14.4. The summed E-state index contributed by atoms with van der Waals surface area (Å²) in [5.74, 6) is 0.865. The van der Waals surface area contributed by atoms with Gasteiger partial charge in [0.2, 0.25) is 0 Å². The van der Waals surface area contributed by atoms with Crippen molar-refractivity contribution in [3.05, 3.63) is 64.2 Å². The lowest BCUT2D eigenvalue weighted by Crippen LogP contribution is -2.13. The van der Waals surface area contributed by atoms with Gasteiger partial charge in [-0.3, -0.25) is 0 Å². The van der Waals surface area contributed by atoms with Crippen LogP contribution in [0.2, 0.25) is 5.02 Å². The first-order valence-electron chi connectivity index (χ1n) is 6.27. The van der Waals surface area contributed by atoms with Crippen molar-refractivity contribution >= 4 is 23.4 Å². The Kier molecular flexibility index (Phi) is 4.92. The summed E-state index contributed by atoms with van der Waals surface area (Å²) in [7, 11) is 0. The van der Waals surface area contributed by atoms with Gasteiger partial charge in [0.05, 0.1) is 0 Å². The molecule has 2 aromatic rings. The molecule has 3 heteroatoms. The predicted molar refractivity (Wildman–Crippen MR) is 85.0 cm³/mol. The highest BCUT2D eigenvalue weighted by atomic mass is 35.5. The molecular weight excluding hydrogens is 274 g/mol. The van der Waals surface area contributed by atoms with E-state index in [1.807, 2.05) is 24.3 Å². The highest BCUT2D eigenvalue weighted by Gasteiger charge is 2.07. The lowest BCUT2D eigenvalue weighted by molar-refractivity contribution is 0.829. The van der Waals surface area contributed by atoms with Crippen molar-refractivity contribution in [2.45, 2.75) is 24.8 Å². The molecule has 2 N–H and O–H groups in total. The van der Waals surface area contributed by atoms with E-state index in [0.717, 1.165) is 10.8 Å². The molecule has 1 atom stereocenters. The number of thioether (sulfide) groups is 1. The van der Waals surface area contributed by atoms with Crippen LogP contribution in [0.1, 0.15) is 22.7 Å². The summed E-state index contributed by atoms with van der Waals surface area (Å²) in [6.07, 6.45) is 0. The molecule has 0 saturated carbocycles. The summed E-state index contributed by atoms with van der Waals surface area (Å²) in [4.78, 5) is 1.20. The van der Waals surface area contributed by atoms with E-state index < -0.39 is 0 Å². The van der Waals surface area contributed by atoms with E-state index in [9.17, 15) is 0 Å². The van der Waals surface area contributed by atoms with Gasteiger partial charge >= 0.3 is 0 Å². The van der Waals surface area contributed by atoms with Crippen LogP contribution in [0.4, 0.5) is 0 Å². The van der Waals surface area contributed by atoms with Crippen LogP contribution >= 0.6 is 23.4 Å². The molecule has 0 saturated heterocycles. The highest BCUT2D eigenvalue weighted by Crippen LogP contribution is 2.25. The van der Waals surface area contributed by atoms with Gasteiger partial charge in [-0.15, -0.1) is 11.8 Å². The molecule has 0 spiro atoms. The Hall–Kier alpha value is -0.960. The molecule has 0 fully saturated rings. The van der Waals surface area contributed by atoms with Gasteiger partial charge in [-0.05, 0) is 54.8 Å². The zero-order valence-electron chi connectivity index (χ0n) is 11.2. The molecule has 0 aliphatic carbocycles. The Morgan fingerprint density at radius 3 is 2.37 bits per heavy atom. The van der Waals surface area contributed by atoms with Crippen molar-refractivity contribution in [3.63, 3.8) is 0 Å². The van der Waals surface area contributed by atoms with Gasteiger partial charge in [0.1, 0.15) is 0 Å². The number of hydrogen-bond acceptors (Lipinski definition) is 2. The summed E-state index contributed by atoms with van der Waals surface area (Å²) in [6.45, 7) is 4.24. The van der Waals surface area contributed by atoms with E-state index >= 15 is 0 Å². The topological polar surface area (TPSA) is 26.0 Å². The molecule has 0 aromatic heterocycles. The van der Waals surface area contributed by atoms with Crippen molar-refractivity contribution in [1.29, 1.82) is 0 Å². The molecule has 100 valence electrons. The van der Waals surface area contributed by atoms with Crippen LogP contribution in [0, 0.1) is 13.8 Å². The van der Waals surface area contributed by atoms with Crippen LogP contribution in [-0.4, -0.2) is 5.75 Å². The first-order chi connectivity index (χ1) is 9.06. The van der Waals surface area contributed by atoms with Crippen molar-refractivity contribution in [2.24, 2.45) is 5.73 Å². The monoisotopic (exact) mass is 291 g/mol. The van der Waals surface area contributed by atoms with Gasteiger partial charge < -0.3 is 5.73 Å². The minimum atomic E-state index is 0.0555. The number of hydrogen-bond donors (Lipinski definition) is 1. The Bertz CT molecular complexity index is 551. The maximum Gasteiger partial charge on any atom is 0.0406 e. The van der Waals surface area contributed by atoms with E-state index in [4.69, 9.17) is 17.3 Å². The average Bonchev–Trinajstić information content (AvgIpc) is 2.41. The molecule has 0 bridgehead atoms. The Morgan fingerprint density at radius 2 is 1.74 bits per heavy atom. The molecule has 2 rings (SSSR count). The maximum absolute atomic E-state index is 6.24. The van der Waals surface area contributed by atoms with Crippen molar-refractivity contribution in [3.8, 4) is 0 Å². The Balaban J connectivity index is 1.98. The zero-order chi connectivity index (χ0) is 13.8. The Labute approximate surface area is 124 Å². The SMILES string of the molecule is Cc1ccc(C(N)CSc2ccc(Cl)cc2)cc1C. The molecule has 0 aliphatic rings. The zero-order valence-corrected chi connectivity index (χ0v) is 12.8. The largest absolute Gasteiger partial charge is 0.323 e. The van der Waals surface area contributed by atoms with Crippen molar-refractivity contribution < 1.29 is 0 Å². The summed E-state index contributed by atoms with van der Waals surface area (Å²) in [5, 5.41) is 0.766. The fourth-order valence-corrected chi connectivity index (χ4v) is 2.83. The summed E-state index contributed by atoms with van der Waals surface area (Å²) >= 11 is 7.63. The van der Waals surface area contributed by atoms with Gasteiger partial charge in [-0.25, -0.2) is 0 Å². The standard InChI is InChI=1S/C16H18ClNS/c1-11-3-4-13(9-12(11)2)16(18)10-19-15-7-5-14(17)6-8-15/h3-9,16H,10,18H2,1-2H3. The van der Waals surface area contributed by atoms with Crippen molar-refractivity contribution in [2.75, 3.05) is 5.75 Å². The molecule has 19 heavy (non-hydrogen) atoms. The van der Waals surface area contributed by atoms with Crippen LogP contribution in [0.3, 0.4) is 0 Å². The van der Waals surface area contributed by atoms with Crippen molar-refractivity contribution in [1.82, 2.24) is 0 Å². The molecule has 0 aliphatic heterocycles. The van der Waals surface area contributed by atoms with E-state index in [2.05, 4.69) is 32.0 Å². The third-order valence-electron chi connectivity index (χ3n) is 3.20. The van der Waals surface area contributed by atoms with Crippen LogP contribution in [0.5, 0.6) is 0 Å². The molecule has 0 amide bonds. The van der Waals surface area contributed by atoms with E-state index in [1.165, 1.54) is 21.6 Å². The second kappa shape index (κ2) is 6.47. The normalized spacial score (nSPS) is 12.4. The van der Waals surface area contributed by atoms with E-state index in [0.29, 0.717) is 0 Å². The number of rotatable bonds is 4.